The first-order chi connectivity index (χ1) is 11.1. The number of nitrogens with one attached hydrogen (secondary N) is 1. The van der Waals surface area contributed by atoms with Crippen LogP contribution in [0.3, 0.4) is 0 Å². The number of rotatable bonds is 3. The van der Waals surface area contributed by atoms with E-state index in [2.05, 4.69) is 16.8 Å². The minimum Gasteiger partial charge on any atom is -0.366 e. The Labute approximate surface area is 136 Å². The Morgan fingerprint density at radius 3 is 2.91 bits per heavy atom. The summed E-state index contributed by atoms with van der Waals surface area (Å²) < 4.78 is 0. The van der Waals surface area contributed by atoms with Gasteiger partial charge in [0.1, 0.15) is 11.3 Å². The van der Waals surface area contributed by atoms with E-state index in [1.54, 1.807) is 6.07 Å². The van der Waals surface area contributed by atoms with Crippen LogP contribution in [0.1, 0.15) is 55.2 Å². The van der Waals surface area contributed by atoms with E-state index >= 15 is 0 Å². The highest BCUT2D eigenvalue weighted by Gasteiger charge is 2.40. The van der Waals surface area contributed by atoms with Gasteiger partial charge >= 0.3 is 0 Å². The zero-order valence-electron chi connectivity index (χ0n) is 13.6. The number of carbonyl (C=O) groups is 1. The standard InChI is InChI=1S/C18H24N4O/c1-18(9-10-22(11-18)12-5-2-3-6-12)17-20-14-8-4-7-13(16(19)23)15(14)21-17/h4,7-8,12H,2-3,5-6,9-11H2,1H3,(H2,19,23)(H,20,21). The molecule has 1 saturated carbocycles. The minimum atomic E-state index is -0.419. The molecule has 0 bridgehead atoms. The van der Waals surface area contributed by atoms with Crippen molar-refractivity contribution >= 4 is 16.9 Å². The quantitative estimate of drug-likeness (QED) is 0.914. The largest absolute Gasteiger partial charge is 0.366 e. The maximum absolute atomic E-state index is 11.6. The molecule has 1 amide bonds. The molecule has 3 N–H and O–H groups in total. The lowest BCUT2D eigenvalue weighted by molar-refractivity contribution is 0.100. The lowest BCUT2D eigenvalue weighted by Crippen LogP contribution is -2.35. The first kappa shape index (κ1) is 14.7. The fourth-order valence-corrected chi connectivity index (χ4v) is 4.29. The van der Waals surface area contributed by atoms with Crippen molar-refractivity contribution in [3.8, 4) is 0 Å². The zero-order chi connectivity index (χ0) is 16.0. The Hall–Kier alpha value is -1.88. The molecule has 2 aliphatic rings. The van der Waals surface area contributed by atoms with Gasteiger partial charge in [-0.25, -0.2) is 4.98 Å². The third-order valence-corrected chi connectivity index (χ3v) is 5.69. The van der Waals surface area contributed by atoms with Crippen molar-refractivity contribution < 1.29 is 4.79 Å². The first-order valence-electron chi connectivity index (χ1n) is 8.60. The molecule has 0 spiro atoms. The first-order valence-corrected chi connectivity index (χ1v) is 8.60. The predicted molar refractivity (Wildman–Crippen MR) is 90.4 cm³/mol. The molecule has 1 aromatic heterocycles. The highest BCUT2D eigenvalue weighted by atomic mass is 16.1. The van der Waals surface area contributed by atoms with Gasteiger partial charge in [0, 0.05) is 18.0 Å². The molecule has 1 aromatic carbocycles. The molecule has 2 aromatic rings. The number of hydrogen-bond acceptors (Lipinski definition) is 3. The zero-order valence-corrected chi connectivity index (χ0v) is 13.6. The van der Waals surface area contributed by atoms with Crippen LogP contribution in [0.2, 0.25) is 0 Å². The summed E-state index contributed by atoms with van der Waals surface area (Å²) >= 11 is 0. The number of aromatic amines is 1. The molecule has 1 unspecified atom stereocenters. The maximum atomic E-state index is 11.6. The molecule has 1 aliphatic heterocycles. The van der Waals surface area contributed by atoms with Crippen molar-refractivity contribution in [3.05, 3.63) is 29.6 Å². The maximum Gasteiger partial charge on any atom is 0.250 e. The van der Waals surface area contributed by atoms with Gasteiger partial charge in [-0.3, -0.25) is 9.69 Å². The van der Waals surface area contributed by atoms with Gasteiger partial charge < -0.3 is 10.7 Å². The fourth-order valence-electron chi connectivity index (χ4n) is 4.29. The van der Waals surface area contributed by atoms with Crippen LogP contribution in [0.15, 0.2) is 18.2 Å². The Bertz CT molecular complexity index is 747. The van der Waals surface area contributed by atoms with Crippen LogP contribution in [0.25, 0.3) is 11.0 Å². The molecule has 122 valence electrons. The number of primary amides is 1. The Morgan fingerprint density at radius 1 is 1.39 bits per heavy atom. The Kier molecular flexibility index (Phi) is 3.41. The molecule has 4 rings (SSSR count). The summed E-state index contributed by atoms with van der Waals surface area (Å²) in [6.45, 7) is 4.47. The Morgan fingerprint density at radius 2 is 2.17 bits per heavy atom. The summed E-state index contributed by atoms with van der Waals surface area (Å²) in [4.78, 5) is 22.5. The highest BCUT2D eigenvalue weighted by molar-refractivity contribution is 6.04. The molecular formula is C18H24N4O. The van der Waals surface area contributed by atoms with Crippen molar-refractivity contribution in [2.75, 3.05) is 13.1 Å². The summed E-state index contributed by atoms with van der Waals surface area (Å²) in [5, 5.41) is 0. The minimum absolute atomic E-state index is 0.0243. The number of imidazole rings is 1. The predicted octanol–water partition coefficient (Wildman–Crippen LogP) is 2.57. The lowest BCUT2D eigenvalue weighted by atomic mass is 9.89. The molecule has 2 heterocycles. The van der Waals surface area contributed by atoms with Gasteiger partial charge in [-0.1, -0.05) is 25.8 Å². The summed E-state index contributed by atoms with van der Waals surface area (Å²) in [6.07, 6.45) is 6.51. The van der Waals surface area contributed by atoms with E-state index in [1.807, 2.05) is 12.1 Å². The van der Waals surface area contributed by atoms with E-state index in [4.69, 9.17) is 10.7 Å². The van der Waals surface area contributed by atoms with E-state index in [0.29, 0.717) is 11.1 Å². The van der Waals surface area contributed by atoms with Gasteiger partial charge in [-0.15, -0.1) is 0 Å². The summed E-state index contributed by atoms with van der Waals surface area (Å²) in [6, 6.07) is 6.32. The number of fused-ring (bicyclic) bond motifs is 1. The van der Waals surface area contributed by atoms with Gasteiger partial charge in [-0.2, -0.15) is 0 Å². The topological polar surface area (TPSA) is 75.0 Å². The summed E-state index contributed by atoms with van der Waals surface area (Å²) in [5.74, 6) is 0.569. The van der Waals surface area contributed by atoms with Gasteiger partial charge in [-0.05, 0) is 37.9 Å². The number of para-hydroxylation sites is 1. The number of H-pyrrole nitrogens is 1. The average molecular weight is 312 g/mol. The highest BCUT2D eigenvalue weighted by Crippen LogP contribution is 2.37. The number of aromatic nitrogens is 2. The van der Waals surface area contributed by atoms with E-state index in [-0.39, 0.29) is 5.41 Å². The van der Waals surface area contributed by atoms with Crippen molar-refractivity contribution in [3.63, 3.8) is 0 Å². The van der Waals surface area contributed by atoms with Gasteiger partial charge in [0.25, 0.3) is 5.91 Å². The number of benzene rings is 1. The summed E-state index contributed by atoms with van der Waals surface area (Å²) in [7, 11) is 0. The smallest absolute Gasteiger partial charge is 0.250 e. The number of nitrogens with zero attached hydrogens (tertiary/aromatic N) is 2. The molecule has 5 nitrogen and oxygen atoms in total. The van der Waals surface area contributed by atoms with Crippen LogP contribution >= 0.6 is 0 Å². The van der Waals surface area contributed by atoms with Gasteiger partial charge in [0.15, 0.2) is 0 Å². The van der Waals surface area contributed by atoms with Crippen molar-refractivity contribution in [1.82, 2.24) is 14.9 Å². The molecule has 0 radical (unpaired) electrons. The van der Waals surface area contributed by atoms with Crippen LogP contribution in [0.5, 0.6) is 0 Å². The number of likely N-dealkylation sites (tertiary alicyclic amines) is 1. The molecule has 1 atom stereocenters. The molecule has 5 heteroatoms. The van der Waals surface area contributed by atoms with Crippen molar-refractivity contribution in [2.45, 2.75) is 50.5 Å². The van der Waals surface area contributed by atoms with E-state index in [1.165, 1.54) is 25.7 Å². The van der Waals surface area contributed by atoms with Crippen molar-refractivity contribution in [1.29, 1.82) is 0 Å². The van der Waals surface area contributed by atoms with Gasteiger partial charge in [0.05, 0.1) is 11.1 Å². The van der Waals surface area contributed by atoms with E-state index in [0.717, 1.165) is 36.9 Å². The second-order valence-corrected chi connectivity index (χ2v) is 7.37. The SMILES string of the molecule is CC1(c2nc3c(C(N)=O)cccc3[nH]2)CCN(C2CCCC2)C1. The van der Waals surface area contributed by atoms with Crippen LogP contribution in [0, 0.1) is 0 Å². The second-order valence-electron chi connectivity index (χ2n) is 7.37. The number of carbonyl (C=O) groups excluding carboxylic acids is 1. The van der Waals surface area contributed by atoms with Crippen molar-refractivity contribution in [2.24, 2.45) is 5.73 Å². The van der Waals surface area contributed by atoms with Crippen LogP contribution < -0.4 is 5.73 Å². The third kappa shape index (κ3) is 2.43. The number of nitrogens with two attached hydrogens (primary N) is 1. The molecule has 23 heavy (non-hydrogen) atoms. The number of hydrogen-bond donors (Lipinski definition) is 2. The van der Waals surface area contributed by atoms with Crippen LogP contribution in [-0.2, 0) is 5.41 Å². The fraction of sp³-hybridized carbons (Fsp3) is 0.556. The third-order valence-electron chi connectivity index (χ3n) is 5.69. The normalized spacial score (nSPS) is 26.3. The molecule has 2 fully saturated rings. The average Bonchev–Trinajstić information content (AvgIpc) is 3.25. The Balaban J connectivity index is 1.66. The molecular weight excluding hydrogens is 288 g/mol. The van der Waals surface area contributed by atoms with Crippen LogP contribution in [-0.4, -0.2) is 39.9 Å². The molecule has 1 saturated heterocycles. The number of amides is 1. The lowest BCUT2D eigenvalue weighted by Gasteiger charge is -2.26. The van der Waals surface area contributed by atoms with E-state index in [9.17, 15) is 4.79 Å². The molecule has 1 aliphatic carbocycles. The second kappa shape index (κ2) is 5.34. The summed E-state index contributed by atoms with van der Waals surface area (Å²) in [5.41, 5.74) is 7.61. The van der Waals surface area contributed by atoms with E-state index < -0.39 is 5.91 Å². The monoisotopic (exact) mass is 312 g/mol. The van der Waals surface area contributed by atoms with Crippen LogP contribution in [0.4, 0.5) is 0 Å². The van der Waals surface area contributed by atoms with Gasteiger partial charge in [0.2, 0.25) is 0 Å².